The van der Waals surface area contributed by atoms with E-state index in [4.69, 9.17) is 0 Å². The highest BCUT2D eigenvalue weighted by Crippen LogP contribution is 2.10. The molecule has 0 aliphatic carbocycles. The fourth-order valence-electron chi connectivity index (χ4n) is 2.15. The number of nitrogens with one attached hydrogen (secondary N) is 1. The van der Waals surface area contributed by atoms with Gasteiger partial charge in [-0.05, 0) is 24.3 Å². The zero-order chi connectivity index (χ0) is 14.4. The highest BCUT2D eigenvalue weighted by molar-refractivity contribution is 5.89. The summed E-state index contributed by atoms with van der Waals surface area (Å²) < 4.78 is 12.8. The van der Waals surface area contributed by atoms with Gasteiger partial charge in [-0.1, -0.05) is 0 Å². The lowest BCUT2D eigenvalue weighted by molar-refractivity contribution is -0.108. The van der Waals surface area contributed by atoms with Crippen LogP contribution in [0.2, 0.25) is 0 Å². The number of hydrogen-bond donors (Lipinski definition) is 1. The van der Waals surface area contributed by atoms with Crippen molar-refractivity contribution < 1.29 is 14.0 Å². The van der Waals surface area contributed by atoms with Gasteiger partial charge in [0, 0.05) is 44.8 Å². The quantitative estimate of drug-likeness (QED) is 0.851. The number of benzene rings is 1. The standard InChI is InChI=1S/C14H18FN3O2/c15-12-2-4-13(5-3-12)16-14(20)18-9-7-17(8-10-18)6-1-11-19/h2-5,11H,1,6-10H2,(H,16,20). The minimum absolute atomic E-state index is 0.174. The number of amides is 2. The van der Waals surface area contributed by atoms with Gasteiger partial charge in [0.15, 0.2) is 0 Å². The van der Waals surface area contributed by atoms with Crippen molar-refractivity contribution in [2.45, 2.75) is 6.42 Å². The van der Waals surface area contributed by atoms with Gasteiger partial charge in [0.25, 0.3) is 0 Å². The minimum Gasteiger partial charge on any atom is -0.322 e. The number of nitrogens with zero attached hydrogens (tertiary/aromatic N) is 2. The normalized spacial score (nSPS) is 15.9. The summed E-state index contributed by atoms with van der Waals surface area (Å²) in [7, 11) is 0. The summed E-state index contributed by atoms with van der Waals surface area (Å²) in [5.74, 6) is -0.327. The summed E-state index contributed by atoms with van der Waals surface area (Å²) >= 11 is 0. The summed E-state index contributed by atoms with van der Waals surface area (Å²) in [5.41, 5.74) is 0.583. The first-order chi connectivity index (χ1) is 9.69. The Morgan fingerprint density at radius 2 is 1.85 bits per heavy atom. The lowest BCUT2D eigenvalue weighted by atomic mass is 10.3. The fraction of sp³-hybridized carbons (Fsp3) is 0.429. The summed E-state index contributed by atoms with van der Waals surface area (Å²) in [6, 6.07) is 5.52. The molecule has 1 aliphatic rings. The van der Waals surface area contributed by atoms with Crippen LogP contribution in [0, 0.1) is 5.82 Å². The molecule has 2 rings (SSSR count). The van der Waals surface area contributed by atoms with E-state index in [-0.39, 0.29) is 11.8 Å². The second-order valence-corrected chi connectivity index (χ2v) is 4.72. The van der Waals surface area contributed by atoms with E-state index in [0.29, 0.717) is 25.2 Å². The molecular weight excluding hydrogens is 261 g/mol. The molecular formula is C14H18FN3O2. The molecule has 0 bridgehead atoms. The second kappa shape index (κ2) is 7.00. The van der Waals surface area contributed by atoms with Crippen molar-refractivity contribution >= 4 is 18.0 Å². The van der Waals surface area contributed by atoms with Crippen LogP contribution >= 0.6 is 0 Å². The van der Waals surface area contributed by atoms with Crippen LogP contribution in [0.1, 0.15) is 6.42 Å². The Bertz CT molecular complexity index is 456. The van der Waals surface area contributed by atoms with Crippen molar-refractivity contribution in [2.75, 3.05) is 38.0 Å². The number of urea groups is 1. The van der Waals surface area contributed by atoms with Crippen LogP contribution in [0.25, 0.3) is 0 Å². The van der Waals surface area contributed by atoms with E-state index in [2.05, 4.69) is 10.2 Å². The van der Waals surface area contributed by atoms with Crippen LogP contribution in [0.4, 0.5) is 14.9 Å². The van der Waals surface area contributed by atoms with Gasteiger partial charge in [0.05, 0.1) is 0 Å². The van der Waals surface area contributed by atoms with Crippen LogP contribution in [0.5, 0.6) is 0 Å². The smallest absolute Gasteiger partial charge is 0.321 e. The van der Waals surface area contributed by atoms with E-state index < -0.39 is 0 Å². The lowest BCUT2D eigenvalue weighted by Crippen LogP contribution is -2.50. The molecule has 1 N–H and O–H groups in total. The largest absolute Gasteiger partial charge is 0.322 e. The number of hydrogen-bond acceptors (Lipinski definition) is 3. The van der Waals surface area contributed by atoms with Gasteiger partial charge in [0.1, 0.15) is 12.1 Å². The summed E-state index contributed by atoms with van der Waals surface area (Å²) in [4.78, 5) is 26.2. The average Bonchev–Trinajstić information content (AvgIpc) is 2.48. The molecule has 1 saturated heterocycles. The number of anilines is 1. The maximum atomic E-state index is 12.8. The van der Waals surface area contributed by atoms with Gasteiger partial charge in [-0.3, -0.25) is 4.90 Å². The first-order valence-electron chi connectivity index (χ1n) is 6.66. The minimum atomic E-state index is -0.327. The maximum absolute atomic E-state index is 12.8. The van der Waals surface area contributed by atoms with Crippen molar-refractivity contribution in [1.82, 2.24) is 9.80 Å². The summed E-state index contributed by atoms with van der Waals surface area (Å²) in [6.45, 7) is 3.55. The SMILES string of the molecule is O=CCCN1CCN(C(=O)Nc2ccc(F)cc2)CC1. The molecule has 1 aromatic rings. The summed E-state index contributed by atoms with van der Waals surface area (Å²) in [5, 5.41) is 2.74. The number of piperazine rings is 1. The van der Waals surface area contributed by atoms with Crippen molar-refractivity contribution in [3.05, 3.63) is 30.1 Å². The molecule has 5 nitrogen and oxygen atoms in total. The molecule has 1 fully saturated rings. The molecule has 0 aromatic heterocycles. The molecule has 0 radical (unpaired) electrons. The molecule has 1 aromatic carbocycles. The van der Waals surface area contributed by atoms with E-state index in [1.807, 2.05) is 0 Å². The molecule has 2 amide bonds. The van der Waals surface area contributed by atoms with Gasteiger partial charge >= 0.3 is 6.03 Å². The van der Waals surface area contributed by atoms with Crippen molar-refractivity contribution in [3.63, 3.8) is 0 Å². The van der Waals surface area contributed by atoms with E-state index in [1.54, 1.807) is 4.90 Å². The number of aldehydes is 1. The second-order valence-electron chi connectivity index (χ2n) is 4.72. The van der Waals surface area contributed by atoms with E-state index in [1.165, 1.54) is 24.3 Å². The molecule has 1 heterocycles. The van der Waals surface area contributed by atoms with Gasteiger partial charge in [-0.25, -0.2) is 9.18 Å². The molecule has 0 spiro atoms. The molecule has 108 valence electrons. The van der Waals surface area contributed by atoms with Crippen molar-refractivity contribution in [1.29, 1.82) is 0 Å². The molecule has 20 heavy (non-hydrogen) atoms. The average molecular weight is 279 g/mol. The Balaban J connectivity index is 1.79. The van der Waals surface area contributed by atoms with Gasteiger partial charge in [-0.2, -0.15) is 0 Å². The fourth-order valence-corrected chi connectivity index (χ4v) is 2.15. The number of carbonyl (C=O) groups excluding carboxylic acids is 2. The van der Waals surface area contributed by atoms with Crippen LogP contribution in [0.3, 0.4) is 0 Å². The van der Waals surface area contributed by atoms with Gasteiger partial charge < -0.3 is 15.0 Å². The van der Waals surface area contributed by atoms with Crippen LogP contribution in [-0.4, -0.2) is 54.8 Å². The lowest BCUT2D eigenvalue weighted by Gasteiger charge is -2.34. The van der Waals surface area contributed by atoms with Gasteiger partial charge in [-0.15, -0.1) is 0 Å². The highest BCUT2D eigenvalue weighted by Gasteiger charge is 2.20. The molecule has 1 aliphatic heterocycles. The van der Waals surface area contributed by atoms with E-state index >= 15 is 0 Å². The molecule has 0 unspecified atom stereocenters. The predicted molar refractivity (Wildman–Crippen MR) is 74.1 cm³/mol. The Hall–Kier alpha value is -1.95. The van der Waals surface area contributed by atoms with Gasteiger partial charge in [0.2, 0.25) is 0 Å². The van der Waals surface area contributed by atoms with Crippen molar-refractivity contribution in [2.24, 2.45) is 0 Å². The molecule has 6 heteroatoms. The van der Waals surface area contributed by atoms with Crippen LogP contribution < -0.4 is 5.32 Å². The monoisotopic (exact) mass is 279 g/mol. The van der Waals surface area contributed by atoms with Crippen LogP contribution in [-0.2, 0) is 4.79 Å². The Kier molecular flexibility index (Phi) is 5.06. The summed E-state index contributed by atoms with van der Waals surface area (Å²) in [6.07, 6.45) is 1.44. The predicted octanol–water partition coefficient (Wildman–Crippen LogP) is 1.56. The zero-order valence-corrected chi connectivity index (χ0v) is 11.2. The highest BCUT2D eigenvalue weighted by atomic mass is 19.1. The zero-order valence-electron chi connectivity index (χ0n) is 11.2. The first-order valence-corrected chi connectivity index (χ1v) is 6.66. The van der Waals surface area contributed by atoms with Crippen molar-refractivity contribution in [3.8, 4) is 0 Å². The third-order valence-corrected chi connectivity index (χ3v) is 3.32. The molecule has 0 atom stereocenters. The van der Waals surface area contributed by atoms with Crippen LogP contribution in [0.15, 0.2) is 24.3 Å². The third kappa shape index (κ3) is 4.03. The van der Waals surface area contributed by atoms with E-state index in [0.717, 1.165) is 25.9 Å². The van der Waals surface area contributed by atoms with E-state index in [9.17, 15) is 14.0 Å². The topological polar surface area (TPSA) is 52.7 Å². The number of rotatable bonds is 4. The number of carbonyl (C=O) groups is 2. The molecule has 0 saturated carbocycles. The number of halogens is 1. The Labute approximate surface area is 117 Å². The maximum Gasteiger partial charge on any atom is 0.321 e. The first kappa shape index (κ1) is 14.5. The Morgan fingerprint density at radius 1 is 1.20 bits per heavy atom. The Morgan fingerprint density at radius 3 is 2.45 bits per heavy atom. The third-order valence-electron chi connectivity index (χ3n) is 3.32.